The normalized spacial score (nSPS) is 8.33. The molecule has 0 nitrogen and oxygen atoms in total. The summed E-state index contributed by atoms with van der Waals surface area (Å²) in [5, 5.41) is 2.62. The van der Waals surface area contributed by atoms with Crippen LogP contribution in [-0.2, 0) is 0 Å². The molecule has 0 aromatic rings. The van der Waals surface area contributed by atoms with Crippen molar-refractivity contribution in [1.82, 2.24) is 0 Å². The van der Waals surface area contributed by atoms with Gasteiger partial charge in [0.15, 0.2) is 0 Å². The maximum absolute atomic E-state index is 5.11. The summed E-state index contributed by atoms with van der Waals surface area (Å²) >= 11 is -0.796. The van der Waals surface area contributed by atoms with Crippen LogP contribution in [0.4, 0.5) is 0 Å². The van der Waals surface area contributed by atoms with Crippen molar-refractivity contribution in [3.63, 3.8) is 0 Å². The SMILES string of the molecule is C[CH2][Ge](=[S])[CH2]C. The van der Waals surface area contributed by atoms with E-state index in [0.717, 1.165) is 0 Å². The van der Waals surface area contributed by atoms with Gasteiger partial charge in [0, 0.05) is 0 Å². The summed E-state index contributed by atoms with van der Waals surface area (Å²) in [6.07, 6.45) is 0. The van der Waals surface area contributed by atoms with Gasteiger partial charge in [-0.05, 0) is 0 Å². The second kappa shape index (κ2) is 3.94. The Morgan fingerprint density at radius 1 is 1.33 bits per heavy atom. The van der Waals surface area contributed by atoms with Gasteiger partial charge in [0.1, 0.15) is 0 Å². The van der Waals surface area contributed by atoms with E-state index in [4.69, 9.17) is 10.5 Å². The van der Waals surface area contributed by atoms with Crippen molar-refractivity contribution < 1.29 is 0 Å². The summed E-state index contributed by atoms with van der Waals surface area (Å²) < 4.78 is 0. The quantitative estimate of drug-likeness (QED) is 0.562. The van der Waals surface area contributed by atoms with Crippen molar-refractivity contribution in [3.8, 4) is 0 Å². The van der Waals surface area contributed by atoms with Gasteiger partial charge in [0.2, 0.25) is 0 Å². The second-order valence-corrected chi connectivity index (χ2v) is 9.47. The molecule has 0 aliphatic heterocycles. The number of rotatable bonds is 2. The van der Waals surface area contributed by atoms with Crippen LogP contribution < -0.4 is 0 Å². The minimum absolute atomic E-state index is 0.796. The third-order valence-corrected chi connectivity index (χ3v) is 7.10. The van der Waals surface area contributed by atoms with Gasteiger partial charge in [0.05, 0.1) is 0 Å². The van der Waals surface area contributed by atoms with Crippen LogP contribution in [-0.4, -0.2) is 12.7 Å². The average Bonchev–Trinajstić information content (AvgIpc) is 1.65. The van der Waals surface area contributed by atoms with Crippen molar-refractivity contribution in [2.24, 2.45) is 0 Å². The Hall–Kier alpha value is 0.763. The fourth-order valence-electron chi connectivity index (χ4n) is 0.250. The van der Waals surface area contributed by atoms with Crippen molar-refractivity contribution in [2.45, 2.75) is 24.4 Å². The minimum atomic E-state index is -0.796. The van der Waals surface area contributed by atoms with Crippen molar-refractivity contribution >= 4 is 23.2 Å². The van der Waals surface area contributed by atoms with E-state index >= 15 is 0 Å². The van der Waals surface area contributed by atoms with Crippen LogP contribution in [0.3, 0.4) is 0 Å². The van der Waals surface area contributed by atoms with Crippen LogP contribution in [0.25, 0.3) is 0 Å². The molecule has 0 heterocycles. The molecule has 0 saturated heterocycles. The van der Waals surface area contributed by atoms with E-state index < -0.39 is 12.7 Å². The Labute approximate surface area is 47.8 Å². The summed E-state index contributed by atoms with van der Waals surface area (Å²) in [6.45, 7) is 4.40. The fraction of sp³-hybridized carbons (Fsp3) is 1.00. The molecular weight excluding hydrogens is 153 g/mol. The third-order valence-electron chi connectivity index (χ3n) is 0.789. The molecule has 0 rings (SSSR count). The molecule has 0 saturated carbocycles. The number of hydrogen-bond donors (Lipinski definition) is 0. The second-order valence-electron chi connectivity index (χ2n) is 1.25. The topological polar surface area (TPSA) is 0 Å². The van der Waals surface area contributed by atoms with Crippen molar-refractivity contribution in [2.75, 3.05) is 0 Å². The van der Waals surface area contributed by atoms with E-state index in [-0.39, 0.29) is 0 Å². The fourth-order valence-corrected chi connectivity index (χ4v) is 1.30. The predicted molar refractivity (Wildman–Crippen MR) is 34.3 cm³/mol. The zero-order valence-corrected chi connectivity index (χ0v) is 7.24. The molecule has 0 atom stereocenters. The Balaban J connectivity index is 2.99. The molecule has 0 amide bonds. The van der Waals surface area contributed by atoms with E-state index in [1.165, 1.54) is 10.5 Å². The van der Waals surface area contributed by atoms with Gasteiger partial charge in [-0.1, -0.05) is 0 Å². The molecule has 6 heavy (non-hydrogen) atoms. The Kier molecular flexibility index (Phi) is 4.44. The molecule has 0 aromatic heterocycles. The first-order valence-electron chi connectivity index (χ1n) is 2.33. The van der Waals surface area contributed by atoms with Crippen molar-refractivity contribution in [1.29, 1.82) is 0 Å². The van der Waals surface area contributed by atoms with Gasteiger partial charge in [0.25, 0.3) is 0 Å². The Morgan fingerprint density at radius 3 is 1.67 bits per heavy atom. The van der Waals surface area contributed by atoms with E-state index in [1.54, 1.807) is 0 Å². The number of hydrogen-bond acceptors (Lipinski definition) is 1. The Morgan fingerprint density at radius 2 is 1.67 bits per heavy atom. The Bertz CT molecular complexity index is 45.5. The van der Waals surface area contributed by atoms with Crippen LogP contribution in [0.15, 0.2) is 0 Å². The molecule has 0 aromatic carbocycles. The molecule has 36 valence electrons. The van der Waals surface area contributed by atoms with E-state index in [9.17, 15) is 0 Å². The van der Waals surface area contributed by atoms with Gasteiger partial charge in [-0.25, -0.2) is 0 Å². The van der Waals surface area contributed by atoms with Crippen LogP contribution in [0.2, 0.25) is 10.5 Å². The summed E-state index contributed by atoms with van der Waals surface area (Å²) in [6, 6.07) is 0. The monoisotopic (exact) mass is 164 g/mol. The molecule has 0 aliphatic rings. The summed E-state index contributed by atoms with van der Waals surface area (Å²) in [4.78, 5) is 0. The molecule has 0 bridgehead atoms. The summed E-state index contributed by atoms with van der Waals surface area (Å²) in [5.74, 6) is 0. The van der Waals surface area contributed by atoms with Gasteiger partial charge in [-0.15, -0.1) is 0 Å². The molecule has 0 N–H and O–H groups in total. The first-order valence-corrected chi connectivity index (χ1v) is 8.27. The van der Waals surface area contributed by atoms with Gasteiger partial charge >= 0.3 is 47.5 Å². The average molecular weight is 163 g/mol. The molecule has 0 spiro atoms. The first-order chi connectivity index (χ1) is 2.81. The van der Waals surface area contributed by atoms with Crippen LogP contribution in [0.1, 0.15) is 13.8 Å². The summed E-state index contributed by atoms with van der Waals surface area (Å²) in [7, 11) is 5.11. The van der Waals surface area contributed by atoms with Crippen molar-refractivity contribution in [3.05, 3.63) is 0 Å². The predicted octanol–water partition coefficient (Wildman–Crippen LogP) is 2.22. The molecule has 0 aliphatic carbocycles. The molecule has 0 unspecified atom stereocenters. The third kappa shape index (κ3) is 2.97. The van der Waals surface area contributed by atoms with Crippen LogP contribution in [0.5, 0.6) is 0 Å². The standard InChI is InChI=1S/C4H10GeS/c1-3-5(6)4-2/h3-4H2,1-2H3. The first kappa shape index (κ1) is 6.76. The summed E-state index contributed by atoms with van der Waals surface area (Å²) in [5.41, 5.74) is 0. The molecule has 0 radical (unpaired) electrons. The van der Waals surface area contributed by atoms with E-state index in [2.05, 4.69) is 13.8 Å². The maximum atomic E-state index is 5.11. The van der Waals surface area contributed by atoms with Crippen LogP contribution in [0, 0.1) is 0 Å². The van der Waals surface area contributed by atoms with Gasteiger partial charge < -0.3 is 0 Å². The van der Waals surface area contributed by atoms with E-state index in [1.807, 2.05) is 0 Å². The molecule has 0 fully saturated rings. The van der Waals surface area contributed by atoms with Gasteiger partial charge in [-0.3, -0.25) is 0 Å². The zero-order chi connectivity index (χ0) is 4.99. The van der Waals surface area contributed by atoms with E-state index in [0.29, 0.717) is 0 Å². The van der Waals surface area contributed by atoms with Gasteiger partial charge in [-0.2, -0.15) is 0 Å². The zero-order valence-electron chi connectivity index (χ0n) is 4.32. The van der Waals surface area contributed by atoms with Crippen LogP contribution >= 0.6 is 10.5 Å². The molecular formula is C4H10GeS. The molecule has 2 heteroatoms.